The lowest BCUT2D eigenvalue weighted by molar-refractivity contribution is -0.377. The fourth-order valence-corrected chi connectivity index (χ4v) is 6.95. The minimum atomic E-state index is -0.778. The molecule has 0 unspecified atom stereocenters. The molecule has 0 saturated carbocycles. The van der Waals surface area contributed by atoms with Gasteiger partial charge in [0, 0.05) is 24.2 Å². The second kappa shape index (κ2) is 16.4. The van der Waals surface area contributed by atoms with Gasteiger partial charge in [-0.2, -0.15) is 0 Å². The maximum Gasteiger partial charge on any atom is 0.338 e. The van der Waals surface area contributed by atoms with Gasteiger partial charge in [0.1, 0.15) is 22.3 Å². The molecule has 4 aromatic rings. The number of carbonyl (C=O) groups excluding carboxylic acids is 2. The number of esters is 2. The average molecular weight is 709 g/mol. The van der Waals surface area contributed by atoms with E-state index in [1.54, 1.807) is 62.0 Å². The van der Waals surface area contributed by atoms with Crippen LogP contribution in [0.1, 0.15) is 52.0 Å². The number of anilines is 1. The molecule has 0 aliphatic carbocycles. The summed E-state index contributed by atoms with van der Waals surface area (Å²) in [5.74, 6) is 0.480. The zero-order valence-corrected chi connectivity index (χ0v) is 28.7. The molecule has 4 heterocycles. The van der Waals surface area contributed by atoms with Crippen LogP contribution in [0.25, 0.3) is 0 Å². The topological polar surface area (TPSA) is 130 Å². The highest BCUT2D eigenvalue weighted by atomic mass is 35.5. The van der Waals surface area contributed by atoms with Gasteiger partial charge in [0.2, 0.25) is 0 Å². The first-order valence-corrected chi connectivity index (χ1v) is 16.7. The number of piperidine rings is 3. The van der Waals surface area contributed by atoms with Crippen molar-refractivity contribution in [3.05, 3.63) is 117 Å². The van der Waals surface area contributed by atoms with Gasteiger partial charge in [-0.3, -0.25) is 4.90 Å². The van der Waals surface area contributed by atoms with Crippen LogP contribution in [-0.4, -0.2) is 62.3 Å². The molecule has 3 atom stereocenters. The molecule has 1 aromatic heterocycles. The monoisotopic (exact) mass is 707 g/mol. The van der Waals surface area contributed by atoms with Crippen LogP contribution < -0.4 is 19.8 Å². The number of H-pyrrole nitrogens is 1. The molecular formula is C37H39Cl2N3O7. The van der Waals surface area contributed by atoms with Gasteiger partial charge in [0.15, 0.2) is 29.9 Å². The first-order valence-electron chi connectivity index (χ1n) is 15.9. The van der Waals surface area contributed by atoms with E-state index in [0.29, 0.717) is 49.8 Å². The highest BCUT2D eigenvalue weighted by Gasteiger charge is 2.38. The number of ether oxygens (including phenoxy) is 4. The van der Waals surface area contributed by atoms with Crippen molar-refractivity contribution in [1.82, 2.24) is 4.90 Å². The number of pyridine rings is 1. The molecule has 0 spiro atoms. The van der Waals surface area contributed by atoms with Gasteiger partial charge >= 0.3 is 11.9 Å². The van der Waals surface area contributed by atoms with Crippen molar-refractivity contribution in [3.8, 4) is 11.5 Å². The molecule has 3 N–H and O–H groups in total. The summed E-state index contributed by atoms with van der Waals surface area (Å²) < 4.78 is 23.2. The predicted octanol–water partition coefficient (Wildman–Crippen LogP) is 6.58. The minimum absolute atomic E-state index is 0. The van der Waals surface area contributed by atoms with Crippen molar-refractivity contribution >= 4 is 40.8 Å². The van der Waals surface area contributed by atoms with Gasteiger partial charge in [-0.1, -0.05) is 65.7 Å². The number of rotatable bonds is 12. The molecule has 3 aliphatic rings. The normalized spacial score (nSPS) is 19.1. The SMILES string of the molecule is COc1ccc([C@H](Cc2c(Cl)c[nH+]cc2Cl)OC(=O)c2cccc(N[C@H](C(=O)O[C@H]3CN4CCC3CC4)c3ccccc3)c2)cc1OC.[OH-]. The molecule has 7 rings (SSSR count). The average Bonchev–Trinajstić information content (AvgIpc) is 3.12. The molecule has 12 heteroatoms. The molecular weight excluding hydrogens is 669 g/mol. The van der Waals surface area contributed by atoms with Crippen LogP contribution in [0.4, 0.5) is 5.69 Å². The lowest BCUT2D eigenvalue weighted by Gasteiger charge is -2.44. The maximum absolute atomic E-state index is 13.8. The third-order valence-electron chi connectivity index (χ3n) is 9.06. The highest BCUT2D eigenvalue weighted by Crippen LogP contribution is 2.36. The van der Waals surface area contributed by atoms with Crippen LogP contribution in [-0.2, 0) is 20.7 Å². The molecule has 3 aromatic carbocycles. The van der Waals surface area contributed by atoms with Gasteiger partial charge in [0.25, 0.3) is 0 Å². The van der Waals surface area contributed by atoms with E-state index in [-0.39, 0.29) is 24.0 Å². The Bertz CT molecular complexity index is 1730. The van der Waals surface area contributed by atoms with Gasteiger partial charge < -0.3 is 29.7 Å². The summed E-state index contributed by atoms with van der Waals surface area (Å²) >= 11 is 13.0. The fourth-order valence-electron chi connectivity index (χ4n) is 6.42. The zero-order chi connectivity index (χ0) is 33.6. The molecule has 3 fully saturated rings. The summed E-state index contributed by atoms with van der Waals surface area (Å²) in [6.45, 7) is 2.87. The van der Waals surface area contributed by atoms with Gasteiger partial charge in [-0.05, 0) is 73.3 Å². The van der Waals surface area contributed by atoms with Gasteiger partial charge in [-0.25, -0.2) is 14.6 Å². The Morgan fingerprint density at radius 1 is 0.898 bits per heavy atom. The number of fused-ring (bicyclic) bond motifs is 3. The first-order chi connectivity index (χ1) is 23.3. The van der Waals surface area contributed by atoms with Crippen molar-refractivity contribution in [3.63, 3.8) is 0 Å². The van der Waals surface area contributed by atoms with E-state index in [0.717, 1.165) is 38.0 Å². The number of nitrogens with zero attached hydrogens (tertiary/aromatic N) is 1. The lowest BCUT2D eigenvalue weighted by Crippen LogP contribution is -2.52. The summed E-state index contributed by atoms with van der Waals surface area (Å²) in [6.07, 6.45) is 4.61. The Kier molecular flexibility index (Phi) is 12.0. The Labute approximate surface area is 295 Å². The minimum Gasteiger partial charge on any atom is -0.870 e. The maximum atomic E-state index is 13.8. The Morgan fingerprint density at radius 2 is 1.61 bits per heavy atom. The highest BCUT2D eigenvalue weighted by molar-refractivity contribution is 6.35. The number of halogens is 2. The van der Waals surface area contributed by atoms with Crippen LogP contribution in [0, 0.1) is 5.92 Å². The molecule has 3 aliphatic heterocycles. The Balaban J connectivity index is 0.00000468. The summed E-state index contributed by atoms with van der Waals surface area (Å²) in [7, 11) is 3.09. The van der Waals surface area contributed by atoms with Crippen molar-refractivity contribution in [2.45, 2.75) is 37.5 Å². The number of aromatic amines is 1. The van der Waals surface area contributed by atoms with Gasteiger partial charge in [-0.15, -0.1) is 0 Å². The Hall–Kier alpha value is -4.35. The number of carbonyl (C=O) groups is 2. The number of hydrogen-bond donors (Lipinski definition) is 1. The van der Waals surface area contributed by atoms with Crippen LogP contribution in [0.3, 0.4) is 0 Å². The van der Waals surface area contributed by atoms with Crippen molar-refractivity contribution < 1.29 is 39.0 Å². The van der Waals surface area contributed by atoms with Crippen molar-refractivity contribution in [2.24, 2.45) is 5.92 Å². The number of aromatic nitrogens is 1. The summed E-state index contributed by atoms with van der Waals surface area (Å²) in [6, 6.07) is 20.9. The van der Waals surface area contributed by atoms with E-state index in [2.05, 4.69) is 15.2 Å². The molecule has 258 valence electrons. The van der Waals surface area contributed by atoms with Crippen LogP contribution in [0.5, 0.6) is 11.5 Å². The standard InChI is InChI=1S/C37H37Cl2N3O6.H2O/c1-45-31-12-11-25(18-33(31)46-2)32(19-28-29(38)20-40-21-30(28)39)47-36(43)26-9-6-10-27(17-26)41-35(24-7-4-3-5-8-24)37(44)48-34-22-42-15-13-23(34)14-16-42;/h3-12,17-18,20-21,23,32,34-35,41H,13-16,19,22H2,1-2H3;1H2/t32-,34-,35-;/m0./s1. The van der Waals surface area contributed by atoms with Crippen LogP contribution in [0.2, 0.25) is 10.0 Å². The third kappa shape index (κ3) is 8.45. The summed E-state index contributed by atoms with van der Waals surface area (Å²) in [5, 5.41) is 4.15. The van der Waals surface area contributed by atoms with E-state index < -0.39 is 18.1 Å². The molecule has 3 saturated heterocycles. The number of nitrogens with one attached hydrogen (secondary N) is 2. The molecule has 0 amide bonds. The molecule has 49 heavy (non-hydrogen) atoms. The van der Waals surface area contributed by atoms with Crippen molar-refractivity contribution in [2.75, 3.05) is 39.2 Å². The number of benzene rings is 3. The van der Waals surface area contributed by atoms with E-state index >= 15 is 0 Å². The van der Waals surface area contributed by atoms with E-state index in [4.69, 9.17) is 42.1 Å². The third-order valence-corrected chi connectivity index (χ3v) is 9.73. The van der Waals surface area contributed by atoms with Gasteiger partial charge in [0.05, 0.1) is 19.8 Å². The predicted molar refractivity (Wildman–Crippen MR) is 185 cm³/mol. The first kappa shape index (κ1) is 35.9. The number of hydrogen-bond acceptors (Lipinski definition) is 9. The molecule has 2 bridgehead atoms. The van der Waals surface area contributed by atoms with Crippen LogP contribution in [0.15, 0.2) is 85.2 Å². The summed E-state index contributed by atoms with van der Waals surface area (Å²) in [4.78, 5) is 32.7. The Morgan fingerprint density at radius 3 is 2.27 bits per heavy atom. The molecule has 10 nitrogen and oxygen atoms in total. The fraction of sp³-hybridized carbons (Fsp3) is 0.324. The van der Waals surface area contributed by atoms with E-state index in [1.165, 1.54) is 7.11 Å². The van der Waals surface area contributed by atoms with Crippen molar-refractivity contribution in [1.29, 1.82) is 0 Å². The second-order valence-electron chi connectivity index (χ2n) is 12.0. The quantitative estimate of drug-likeness (QED) is 0.162. The molecule has 0 radical (unpaired) electrons. The number of methoxy groups -OCH3 is 2. The smallest absolute Gasteiger partial charge is 0.338 e. The largest absolute Gasteiger partial charge is 0.870 e. The van der Waals surface area contributed by atoms with Crippen LogP contribution >= 0.6 is 23.2 Å². The summed E-state index contributed by atoms with van der Waals surface area (Å²) in [5.41, 5.74) is 2.90. The zero-order valence-electron chi connectivity index (χ0n) is 27.2. The van der Waals surface area contributed by atoms with E-state index in [1.807, 2.05) is 30.3 Å². The second-order valence-corrected chi connectivity index (χ2v) is 12.8. The van der Waals surface area contributed by atoms with E-state index in [9.17, 15) is 9.59 Å². The lowest BCUT2D eigenvalue weighted by atomic mass is 9.86.